The third-order valence-electron chi connectivity index (χ3n) is 4.22. The van der Waals surface area contributed by atoms with Crippen molar-refractivity contribution in [2.75, 3.05) is 10.6 Å². The Morgan fingerprint density at radius 1 is 1.04 bits per heavy atom. The van der Waals surface area contributed by atoms with Crippen LogP contribution in [-0.2, 0) is 7.05 Å². The van der Waals surface area contributed by atoms with Crippen LogP contribution < -0.4 is 10.6 Å². The second-order valence-corrected chi connectivity index (χ2v) is 7.56. The molecule has 28 heavy (non-hydrogen) atoms. The molecule has 140 valence electrons. The summed E-state index contributed by atoms with van der Waals surface area (Å²) in [5.41, 5.74) is 4.42. The van der Waals surface area contributed by atoms with Crippen molar-refractivity contribution in [2.45, 2.75) is 0 Å². The maximum absolute atomic E-state index is 12.3. The summed E-state index contributed by atoms with van der Waals surface area (Å²) in [7, 11) is 1.92. The number of benzene rings is 2. The lowest BCUT2D eigenvalue weighted by Gasteiger charge is -2.10. The maximum Gasteiger partial charge on any atom is 0.323 e. The molecule has 0 spiro atoms. The van der Waals surface area contributed by atoms with Crippen LogP contribution in [0, 0.1) is 0 Å². The lowest BCUT2D eigenvalue weighted by molar-refractivity contribution is 0.262. The second-order valence-electron chi connectivity index (χ2n) is 6.17. The van der Waals surface area contributed by atoms with Crippen molar-refractivity contribution in [1.29, 1.82) is 0 Å². The van der Waals surface area contributed by atoms with Gasteiger partial charge in [0.15, 0.2) is 0 Å². The van der Waals surface area contributed by atoms with Crippen LogP contribution in [0.25, 0.3) is 21.7 Å². The number of nitrogens with zero attached hydrogens (tertiary/aromatic N) is 2. The second kappa shape index (κ2) is 7.88. The molecule has 2 aromatic carbocycles. The summed E-state index contributed by atoms with van der Waals surface area (Å²) in [4.78, 5) is 13.5. The van der Waals surface area contributed by atoms with E-state index in [4.69, 9.17) is 11.6 Å². The SMILES string of the molecule is Cn1ncc(-c2cccs2)c1-c1cccc(NC(=O)Nc2ccc(Cl)cc2)c1. The summed E-state index contributed by atoms with van der Waals surface area (Å²) in [6, 6.07) is 18.5. The Hall–Kier alpha value is -3.09. The number of halogens is 1. The molecule has 0 aliphatic rings. The van der Waals surface area contributed by atoms with E-state index in [1.165, 1.54) is 0 Å². The van der Waals surface area contributed by atoms with Gasteiger partial charge in [0.2, 0.25) is 0 Å². The van der Waals surface area contributed by atoms with E-state index in [9.17, 15) is 4.79 Å². The number of amides is 2. The average Bonchev–Trinajstić information content (AvgIpc) is 3.33. The molecule has 0 aliphatic carbocycles. The topological polar surface area (TPSA) is 59.0 Å². The Bertz CT molecular complexity index is 1100. The van der Waals surface area contributed by atoms with Crippen LogP contribution in [-0.4, -0.2) is 15.8 Å². The molecule has 0 atom stereocenters. The first-order chi connectivity index (χ1) is 13.6. The number of nitrogens with one attached hydrogen (secondary N) is 2. The molecule has 2 heterocycles. The Morgan fingerprint density at radius 3 is 2.57 bits per heavy atom. The van der Waals surface area contributed by atoms with Crippen LogP contribution in [0.5, 0.6) is 0 Å². The number of aromatic nitrogens is 2. The molecular weight excluding hydrogens is 392 g/mol. The minimum atomic E-state index is -0.317. The lowest BCUT2D eigenvalue weighted by atomic mass is 10.1. The number of urea groups is 1. The lowest BCUT2D eigenvalue weighted by Crippen LogP contribution is -2.19. The van der Waals surface area contributed by atoms with Gasteiger partial charge in [-0.25, -0.2) is 4.79 Å². The molecule has 0 bridgehead atoms. The van der Waals surface area contributed by atoms with Crippen LogP contribution in [0.15, 0.2) is 72.2 Å². The maximum atomic E-state index is 12.3. The highest BCUT2D eigenvalue weighted by Crippen LogP contribution is 2.35. The standard InChI is InChI=1S/C21H17ClN4OS/c1-26-20(18(13-23-26)19-6-3-11-28-19)14-4-2-5-17(12-14)25-21(27)24-16-9-7-15(22)8-10-16/h2-13H,1H3,(H2,24,25,27). The summed E-state index contributed by atoms with van der Waals surface area (Å²) in [5.74, 6) is 0. The van der Waals surface area contributed by atoms with Crippen LogP contribution >= 0.6 is 22.9 Å². The largest absolute Gasteiger partial charge is 0.323 e. The smallest absolute Gasteiger partial charge is 0.308 e. The van der Waals surface area contributed by atoms with Gasteiger partial charge in [-0.1, -0.05) is 29.8 Å². The number of carbonyl (C=O) groups is 1. The Kier molecular flexibility index (Phi) is 5.14. The number of aryl methyl sites for hydroxylation is 1. The first-order valence-corrected chi connectivity index (χ1v) is 9.86. The summed E-state index contributed by atoms with van der Waals surface area (Å²) in [5, 5.41) is 12.7. The van der Waals surface area contributed by atoms with Gasteiger partial charge in [-0.15, -0.1) is 11.3 Å². The van der Waals surface area contributed by atoms with E-state index in [2.05, 4.69) is 21.8 Å². The van der Waals surface area contributed by atoms with E-state index in [-0.39, 0.29) is 6.03 Å². The van der Waals surface area contributed by atoms with Crippen molar-refractivity contribution >= 4 is 40.3 Å². The van der Waals surface area contributed by atoms with Gasteiger partial charge in [-0.05, 0) is 47.8 Å². The summed E-state index contributed by atoms with van der Waals surface area (Å²) < 4.78 is 1.85. The highest BCUT2D eigenvalue weighted by Gasteiger charge is 2.14. The molecule has 0 radical (unpaired) electrons. The summed E-state index contributed by atoms with van der Waals surface area (Å²) in [6.07, 6.45) is 1.87. The average molecular weight is 409 g/mol. The normalized spacial score (nSPS) is 10.6. The molecule has 2 amide bonds. The van der Waals surface area contributed by atoms with Crippen LogP contribution in [0.1, 0.15) is 0 Å². The quantitative estimate of drug-likeness (QED) is 0.427. The van der Waals surface area contributed by atoms with Gasteiger partial charge in [0.1, 0.15) is 0 Å². The van der Waals surface area contributed by atoms with Crippen molar-refractivity contribution in [3.05, 3.63) is 77.3 Å². The third kappa shape index (κ3) is 3.93. The van der Waals surface area contributed by atoms with Crippen molar-refractivity contribution < 1.29 is 4.79 Å². The van der Waals surface area contributed by atoms with Gasteiger partial charge in [0, 0.05) is 39.4 Å². The molecule has 5 nitrogen and oxygen atoms in total. The van der Waals surface area contributed by atoms with E-state index in [1.54, 1.807) is 35.6 Å². The van der Waals surface area contributed by atoms with Crippen molar-refractivity contribution in [3.8, 4) is 21.7 Å². The fraction of sp³-hybridized carbons (Fsp3) is 0.0476. The number of hydrogen-bond acceptors (Lipinski definition) is 3. The summed E-state index contributed by atoms with van der Waals surface area (Å²) in [6.45, 7) is 0. The van der Waals surface area contributed by atoms with E-state index < -0.39 is 0 Å². The monoisotopic (exact) mass is 408 g/mol. The molecule has 0 aliphatic heterocycles. The number of hydrogen-bond donors (Lipinski definition) is 2. The van der Waals surface area contributed by atoms with E-state index in [1.807, 2.05) is 53.6 Å². The van der Waals surface area contributed by atoms with Gasteiger partial charge in [0.25, 0.3) is 0 Å². The van der Waals surface area contributed by atoms with Crippen molar-refractivity contribution in [3.63, 3.8) is 0 Å². The minimum Gasteiger partial charge on any atom is -0.308 e. The number of anilines is 2. The predicted octanol–water partition coefficient (Wildman–Crippen LogP) is 6.11. The zero-order chi connectivity index (χ0) is 19.5. The van der Waals surface area contributed by atoms with Crippen molar-refractivity contribution in [1.82, 2.24) is 9.78 Å². The first kappa shape index (κ1) is 18.3. The number of thiophene rings is 1. The van der Waals surface area contributed by atoms with Gasteiger partial charge in [-0.2, -0.15) is 5.10 Å². The molecule has 2 aromatic heterocycles. The molecule has 0 unspecified atom stereocenters. The Balaban J connectivity index is 1.56. The van der Waals surface area contributed by atoms with Gasteiger partial charge >= 0.3 is 6.03 Å². The third-order valence-corrected chi connectivity index (χ3v) is 5.38. The zero-order valence-electron chi connectivity index (χ0n) is 15.0. The van der Waals surface area contributed by atoms with Gasteiger partial charge in [-0.3, -0.25) is 4.68 Å². The molecule has 4 aromatic rings. The Morgan fingerprint density at radius 2 is 1.82 bits per heavy atom. The highest BCUT2D eigenvalue weighted by atomic mass is 35.5. The zero-order valence-corrected chi connectivity index (χ0v) is 16.6. The highest BCUT2D eigenvalue weighted by molar-refractivity contribution is 7.13. The van der Waals surface area contributed by atoms with E-state index in [0.717, 1.165) is 21.7 Å². The number of rotatable bonds is 4. The van der Waals surface area contributed by atoms with Crippen LogP contribution in [0.3, 0.4) is 0 Å². The van der Waals surface area contributed by atoms with Crippen LogP contribution in [0.2, 0.25) is 5.02 Å². The van der Waals surface area contributed by atoms with E-state index >= 15 is 0 Å². The Labute approximate surface area is 171 Å². The molecule has 4 rings (SSSR count). The fourth-order valence-corrected chi connectivity index (χ4v) is 3.83. The van der Waals surface area contributed by atoms with E-state index in [0.29, 0.717) is 16.4 Å². The molecule has 0 saturated carbocycles. The fourth-order valence-electron chi connectivity index (χ4n) is 2.96. The molecular formula is C21H17ClN4OS. The molecule has 7 heteroatoms. The molecule has 2 N–H and O–H groups in total. The summed E-state index contributed by atoms with van der Waals surface area (Å²) >= 11 is 7.54. The molecule has 0 fully saturated rings. The van der Waals surface area contributed by atoms with Gasteiger partial charge < -0.3 is 10.6 Å². The first-order valence-electron chi connectivity index (χ1n) is 8.60. The van der Waals surface area contributed by atoms with Crippen molar-refractivity contribution in [2.24, 2.45) is 7.05 Å². The van der Waals surface area contributed by atoms with Gasteiger partial charge in [0.05, 0.1) is 11.9 Å². The predicted molar refractivity (Wildman–Crippen MR) is 116 cm³/mol. The number of carbonyl (C=O) groups excluding carboxylic acids is 1. The van der Waals surface area contributed by atoms with Crippen LogP contribution in [0.4, 0.5) is 16.2 Å². The molecule has 0 saturated heterocycles. The minimum absolute atomic E-state index is 0.317.